The highest BCUT2D eigenvalue weighted by Gasteiger charge is 2.30. The zero-order valence-electron chi connectivity index (χ0n) is 29.7. The van der Waals surface area contributed by atoms with E-state index in [1.165, 1.54) is 130 Å². The topological polar surface area (TPSA) is 0 Å². The van der Waals surface area contributed by atoms with Gasteiger partial charge in [-0.15, -0.1) is 0 Å². The lowest BCUT2D eigenvalue weighted by molar-refractivity contribution is 0.591. The molecular weight excluding hydrogens is 636 g/mol. The molecule has 0 aromatic heterocycles. The largest absolute Gasteiger partial charge is 0.0836 e. The molecule has 0 radical (unpaired) electrons. The highest BCUT2D eigenvalue weighted by Crippen LogP contribution is 2.58. The molecule has 0 aliphatic heterocycles. The molecule has 1 heteroatoms. The van der Waals surface area contributed by atoms with Crippen molar-refractivity contribution in [1.82, 2.24) is 0 Å². The zero-order valence-corrected chi connectivity index (χ0v) is 30.4. The van der Waals surface area contributed by atoms with Gasteiger partial charge in [-0.2, -0.15) is 0 Å². The van der Waals surface area contributed by atoms with Gasteiger partial charge in [0, 0.05) is 21.2 Å². The fourth-order valence-corrected chi connectivity index (χ4v) is 10.6. The minimum Gasteiger partial charge on any atom is -0.0836 e. The average Bonchev–Trinajstić information content (AvgIpc) is 3.12. The van der Waals surface area contributed by atoms with Crippen LogP contribution in [0.3, 0.4) is 0 Å². The molecule has 0 aliphatic carbocycles. The molecule has 0 unspecified atom stereocenters. The van der Waals surface area contributed by atoms with Crippen molar-refractivity contribution >= 4 is 130 Å². The van der Waals surface area contributed by atoms with Gasteiger partial charge in [0.1, 0.15) is 0 Å². The Balaban J connectivity index is 1.59. The van der Waals surface area contributed by atoms with E-state index in [9.17, 15) is 0 Å². The third-order valence-electron chi connectivity index (χ3n) is 12.6. The van der Waals surface area contributed by atoms with Crippen LogP contribution >= 0.6 is 11.6 Å². The molecule has 12 aromatic carbocycles. The zero-order chi connectivity index (χ0) is 34.5. The number of halogens is 1. The van der Waals surface area contributed by atoms with Crippen LogP contribution in [0.25, 0.3) is 118 Å². The van der Waals surface area contributed by atoms with Gasteiger partial charge in [-0.05, 0) is 142 Å². The standard InChI is InChI=1S/C50H35Cl/c1-49(2,3)24-16-18-26-28-10-7-12-30-31-13-8-14-32-33-20-21-37(51)41-34-15-9-11-29-27-19-17-25(50(4,5)6)23-36(27)44-43(35(26)22-24)45(38(28)30)47(39(31)32)48(42(33)41)46(44)40(29)34/h7-23H,1-6H3. The number of benzene rings is 12. The van der Waals surface area contributed by atoms with Gasteiger partial charge in [-0.3, -0.25) is 0 Å². The van der Waals surface area contributed by atoms with E-state index >= 15 is 0 Å². The van der Waals surface area contributed by atoms with E-state index in [1.54, 1.807) is 0 Å². The molecule has 12 aromatic rings. The summed E-state index contributed by atoms with van der Waals surface area (Å²) in [5, 5.41) is 30.3. The summed E-state index contributed by atoms with van der Waals surface area (Å²) in [5.74, 6) is 0. The van der Waals surface area contributed by atoms with E-state index in [2.05, 4.69) is 145 Å². The van der Waals surface area contributed by atoms with Gasteiger partial charge in [0.15, 0.2) is 0 Å². The summed E-state index contributed by atoms with van der Waals surface area (Å²) >= 11 is 7.35. The Hall–Kier alpha value is -5.17. The smallest absolute Gasteiger partial charge is 0.0491 e. The Morgan fingerprint density at radius 3 is 1.10 bits per heavy atom. The second-order valence-electron chi connectivity index (χ2n) is 17.3. The van der Waals surface area contributed by atoms with Crippen LogP contribution in [0.4, 0.5) is 0 Å². The van der Waals surface area contributed by atoms with Gasteiger partial charge >= 0.3 is 0 Å². The Morgan fingerprint density at radius 1 is 0.294 bits per heavy atom. The van der Waals surface area contributed by atoms with E-state index in [-0.39, 0.29) is 10.8 Å². The maximum absolute atomic E-state index is 7.35. The van der Waals surface area contributed by atoms with Crippen molar-refractivity contribution in [3.8, 4) is 0 Å². The summed E-state index contributed by atoms with van der Waals surface area (Å²) in [5.41, 5.74) is 2.74. The van der Waals surface area contributed by atoms with Crippen LogP contribution in [0, 0.1) is 0 Å². The predicted molar refractivity (Wildman–Crippen MR) is 226 cm³/mol. The maximum atomic E-state index is 7.35. The number of hydrogen-bond donors (Lipinski definition) is 0. The second kappa shape index (κ2) is 8.82. The van der Waals surface area contributed by atoms with E-state index in [0.29, 0.717) is 0 Å². The molecule has 242 valence electrons. The first-order valence-electron chi connectivity index (χ1n) is 18.3. The molecule has 0 atom stereocenters. The predicted octanol–water partition coefficient (Wildman–Crippen LogP) is 15.4. The second-order valence-corrected chi connectivity index (χ2v) is 17.7. The molecule has 0 fully saturated rings. The van der Waals surface area contributed by atoms with Gasteiger partial charge in [0.05, 0.1) is 0 Å². The Morgan fingerprint density at radius 2 is 0.627 bits per heavy atom. The lowest BCUT2D eigenvalue weighted by Gasteiger charge is -2.28. The molecule has 12 rings (SSSR count). The van der Waals surface area contributed by atoms with Gasteiger partial charge < -0.3 is 0 Å². The summed E-state index contributed by atoms with van der Waals surface area (Å²) in [6.45, 7) is 14.0. The van der Waals surface area contributed by atoms with Gasteiger partial charge in [-0.1, -0.05) is 138 Å². The van der Waals surface area contributed by atoms with E-state index < -0.39 is 0 Å². The molecule has 0 saturated heterocycles. The Bertz CT molecular complexity index is 3470. The number of rotatable bonds is 0. The summed E-state index contributed by atoms with van der Waals surface area (Å²) < 4.78 is 0. The van der Waals surface area contributed by atoms with E-state index in [0.717, 1.165) is 5.02 Å². The fraction of sp³-hybridized carbons (Fsp3) is 0.160. The summed E-state index contributed by atoms with van der Waals surface area (Å²) in [6, 6.07) is 39.9. The van der Waals surface area contributed by atoms with E-state index in [4.69, 9.17) is 11.6 Å². The third-order valence-corrected chi connectivity index (χ3v) is 12.9. The average molecular weight is 671 g/mol. The van der Waals surface area contributed by atoms with Crippen molar-refractivity contribution in [1.29, 1.82) is 0 Å². The summed E-state index contributed by atoms with van der Waals surface area (Å²) in [4.78, 5) is 0. The van der Waals surface area contributed by atoms with Crippen LogP contribution in [0.15, 0.2) is 103 Å². The van der Waals surface area contributed by atoms with Crippen LogP contribution < -0.4 is 0 Å². The normalized spacial score (nSPS) is 13.8. The quantitative estimate of drug-likeness (QED) is 0.111. The first-order valence-corrected chi connectivity index (χ1v) is 18.7. The molecule has 0 spiro atoms. The minimum absolute atomic E-state index is 0.00626. The molecule has 0 N–H and O–H groups in total. The molecule has 0 saturated carbocycles. The van der Waals surface area contributed by atoms with Crippen LogP contribution in [0.5, 0.6) is 0 Å². The third kappa shape index (κ3) is 3.22. The highest BCUT2D eigenvalue weighted by molar-refractivity contribution is 6.59. The summed E-state index contributed by atoms with van der Waals surface area (Å²) in [7, 11) is 0. The van der Waals surface area contributed by atoms with Crippen molar-refractivity contribution in [3.05, 3.63) is 119 Å². The monoisotopic (exact) mass is 670 g/mol. The first-order chi connectivity index (χ1) is 24.5. The van der Waals surface area contributed by atoms with Crippen molar-refractivity contribution in [2.75, 3.05) is 0 Å². The van der Waals surface area contributed by atoms with Crippen molar-refractivity contribution in [2.24, 2.45) is 0 Å². The van der Waals surface area contributed by atoms with Gasteiger partial charge in [0.2, 0.25) is 0 Å². The molecular formula is C50H35Cl. The van der Waals surface area contributed by atoms with E-state index in [1.807, 2.05) is 0 Å². The lowest BCUT2D eigenvalue weighted by Crippen LogP contribution is -2.11. The number of fused-ring (bicyclic) bond motifs is 10. The fourth-order valence-electron chi connectivity index (χ4n) is 10.3. The molecule has 51 heavy (non-hydrogen) atoms. The number of hydrogen-bond acceptors (Lipinski definition) is 0. The molecule has 0 amide bonds. The SMILES string of the molecule is CC(C)(C)c1ccc2c3cccc4c5cccc6c7ccc(Cl)c8c9cccc%10c%11ccc(C(C)(C)C)cc%11c%11c(c2c1)c(c34)c(c56)c(c78)c%11c%109. The molecule has 0 nitrogen and oxygen atoms in total. The van der Waals surface area contributed by atoms with Gasteiger partial charge in [0.25, 0.3) is 0 Å². The van der Waals surface area contributed by atoms with Gasteiger partial charge in [-0.25, -0.2) is 0 Å². The highest BCUT2D eigenvalue weighted by atomic mass is 35.5. The van der Waals surface area contributed by atoms with Crippen LogP contribution in [-0.2, 0) is 10.8 Å². The maximum Gasteiger partial charge on any atom is 0.0491 e. The minimum atomic E-state index is 0.00626. The van der Waals surface area contributed by atoms with Crippen molar-refractivity contribution in [3.63, 3.8) is 0 Å². The Labute approximate surface area is 300 Å². The molecule has 0 bridgehead atoms. The van der Waals surface area contributed by atoms with Crippen molar-refractivity contribution in [2.45, 2.75) is 52.4 Å². The summed E-state index contributed by atoms with van der Waals surface area (Å²) in [6.07, 6.45) is 0. The van der Waals surface area contributed by atoms with Crippen LogP contribution in [-0.4, -0.2) is 0 Å². The van der Waals surface area contributed by atoms with Crippen LogP contribution in [0.1, 0.15) is 52.7 Å². The lowest BCUT2D eigenvalue weighted by atomic mass is 9.74. The van der Waals surface area contributed by atoms with Crippen LogP contribution in [0.2, 0.25) is 5.02 Å². The first kappa shape index (κ1) is 28.5. The Kier molecular flexibility index (Phi) is 4.93. The molecule has 0 aliphatic rings. The van der Waals surface area contributed by atoms with Crippen molar-refractivity contribution < 1.29 is 0 Å². The molecule has 0 heterocycles.